The van der Waals surface area contributed by atoms with E-state index in [2.05, 4.69) is 41.0 Å². The van der Waals surface area contributed by atoms with Crippen molar-refractivity contribution in [2.24, 2.45) is 0 Å². The zero-order valence-electron chi connectivity index (χ0n) is 20.5. The van der Waals surface area contributed by atoms with Gasteiger partial charge in [0.2, 0.25) is 0 Å². The topological polar surface area (TPSA) is 53.5 Å². The minimum Gasteiger partial charge on any atom is -0.297 e. The van der Waals surface area contributed by atoms with Crippen molar-refractivity contribution < 1.29 is 9.59 Å². The standard InChI is InChI=1S/C31H29N3O2/c1-2-22-9-3-4-11-24(22)21-33-17-19-34(20-18-33)31(28-16-15-23-10-5-8-14-27(23)32-28)29(35)25-12-6-7-13-26(25)30(31)36/h3-16H,2,17-21H2,1H3. The molecule has 0 unspecified atom stereocenters. The lowest BCUT2D eigenvalue weighted by atomic mass is 9.85. The lowest BCUT2D eigenvalue weighted by molar-refractivity contribution is 0.0267. The number of rotatable bonds is 5. The Morgan fingerprint density at radius 1 is 0.722 bits per heavy atom. The van der Waals surface area contributed by atoms with Crippen LogP contribution in [0, 0.1) is 0 Å². The predicted octanol–water partition coefficient (Wildman–Crippen LogP) is 4.89. The number of hydrogen-bond acceptors (Lipinski definition) is 5. The molecule has 0 saturated carbocycles. The molecule has 180 valence electrons. The predicted molar refractivity (Wildman–Crippen MR) is 141 cm³/mol. The molecule has 1 saturated heterocycles. The summed E-state index contributed by atoms with van der Waals surface area (Å²) in [7, 11) is 0. The van der Waals surface area contributed by atoms with Crippen LogP contribution in [0.4, 0.5) is 0 Å². The molecule has 0 atom stereocenters. The number of hydrogen-bond donors (Lipinski definition) is 0. The fourth-order valence-corrected chi connectivity index (χ4v) is 5.86. The Balaban J connectivity index is 1.36. The fraction of sp³-hybridized carbons (Fsp3) is 0.258. The molecule has 3 aromatic carbocycles. The maximum absolute atomic E-state index is 14.1. The van der Waals surface area contributed by atoms with Gasteiger partial charge in [-0.1, -0.05) is 79.7 Å². The zero-order chi connectivity index (χ0) is 24.7. The first kappa shape index (κ1) is 22.8. The summed E-state index contributed by atoms with van der Waals surface area (Å²) < 4.78 is 0. The van der Waals surface area contributed by atoms with Crippen LogP contribution in [-0.2, 0) is 18.5 Å². The first-order valence-electron chi connectivity index (χ1n) is 12.7. The Hall–Kier alpha value is -3.67. The number of piperazine rings is 1. The molecule has 0 bridgehead atoms. The molecule has 0 radical (unpaired) electrons. The van der Waals surface area contributed by atoms with Crippen LogP contribution >= 0.6 is 0 Å². The smallest absolute Gasteiger partial charge is 0.198 e. The third-order valence-corrected chi connectivity index (χ3v) is 7.78. The molecule has 0 N–H and O–H groups in total. The summed E-state index contributed by atoms with van der Waals surface area (Å²) in [4.78, 5) is 37.6. The number of ketones is 2. The Morgan fingerprint density at radius 2 is 1.33 bits per heavy atom. The Morgan fingerprint density at radius 3 is 2.03 bits per heavy atom. The number of fused-ring (bicyclic) bond motifs is 2. The number of carbonyl (C=O) groups is 2. The van der Waals surface area contributed by atoms with Gasteiger partial charge in [-0.25, -0.2) is 4.98 Å². The molecule has 1 aliphatic heterocycles. The van der Waals surface area contributed by atoms with Crippen molar-refractivity contribution in [1.29, 1.82) is 0 Å². The highest BCUT2D eigenvalue weighted by molar-refractivity contribution is 6.32. The third-order valence-electron chi connectivity index (χ3n) is 7.78. The average molecular weight is 476 g/mol. The van der Waals surface area contributed by atoms with Gasteiger partial charge in [-0.15, -0.1) is 0 Å². The van der Waals surface area contributed by atoms with E-state index in [0.717, 1.165) is 37.0 Å². The molecule has 2 aliphatic rings. The van der Waals surface area contributed by atoms with Gasteiger partial charge in [-0.2, -0.15) is 0 Å². The molecule has 1 aromatic heterocycles. The van der Waals surface area contributed by atoms with E-state index in [4.69, 9.17) is 4.98 Å². The Labute approximate surface area is 211 Å². The zero-order valence-corrected chi connectivity index (χ0v) is 20.5. The van der Waals surface area contributed by atoms with E-state index in [9.17, 15) is 9.59 Å². The monoisotopic (exact) mass is 475 g/mol. The average Bonchev–Trinajstić information content (AvgIpc) is 3.16. The molecule has 5 heteroatoms. The van der Waals surface area contributed by atoms with Gasteiger partial charge in [0, 0.05) is 49.2 Å². The van der Waals surface area contributed by atoms with Gasteiger partial charge in [-0.05, 0) is 29.7 Å². The SMILES string of the molecule is CCc1ccccc1CN1CCN(C2(c3ccc4ccccc4n3)C(=O)c3ccccc3C2=O)CC1. The summed E-state index contributed by atoms with van der Waals surface area (Å²) in [5.41, 5.74) is 3.61. The highest BCUT2D eigenvalue weighted by Crippen LogP contribution is 2.42. The number of aryl methyl sites for hydroxylation is 1. The summed E-state index contributed by atoms with van der Waals surface area (Å²) in [6.45, 7) is 5.87. The maximum atomic E-state index is 14.1. The van der Waals surface area contributed by atoms with Crippen LogP contribution in [0.25, 0.3) is 10.9 Å². The third kappa shape index (κ3) is 3.50. The number of benzene rings is 3. The van der Waals surface area contributed by atoms with Gasteiger partial charge >= 0.3 is 0 Å². The normalized spacial score (nSPS) is 18.0. The van der Waals surface area contributed by atoms with Crippen molar-refractivity contribution in [3.63, 3.8) is 0 Å². The number of para-hydroxylation sites is 1. The maximum Gasteiger partial charge on any atom is 0.198 e. The van der Waals surface area contributed by atoms with E-state index >= 15 is 0 Å². The lowest BCUT2D eigenvalue weighted by Gasteiger charge is -2.43. The Bertz CT molecular complexity index is 1430. The van der Waals surface area contributed by atoms with Gasteiger partial charge < -0.3 is 0 Å². The number of nitrogens with zero attached hydrogens (tertiary/aromatic N) is 3. The first-order chi connectivity index (χ1) is 17.6. The van der Waals surface area contributed by atoms with Crippen molar-refractivity contribution >= 4 is 22.5 Å². The van der Waals surface area contributed by atoms with Gasteiger partial charge in [-0.3, -0.25) is 19.4 Å². The second-order valence-electron chi connectivity index (χ2n) is 9.69. The molecule has 0 amide bonds. The molecule has 2 heterocycles. The fourth-order valence-electron chi connectivity index (χ4n) is 5.86. The molecule has 1 aliphatic carbocycles. The largest absolute Gasteiger partial charge is 0.297 e. The number of aromatic nitrogens is 1. The van der Waals surface area contributed by atoms with Crippen LogP contribution in [0.3, 0.4) is 0 Å². The van der Waals surface area contributed by atoms with Crippen molar-refractivity contribution in [2.45, 2.75) is 25.4 Å². The number of pyridine rings is 1. The highest BCUT2D eigenvalue weighted by Gasteiger charge is 2.59. The van der Waals surface area contributed by atoms with Crippen molar-refractivity contribution in [1.82, 2.24) is 14.8 Å². The molecule has 4 aromatic rings. The second kappa shape index (κ2) is 9.08. The number of Topliss-reactive ketones (excluding diaryl/α,β-unsaturated/α-hetero) is 2. The minimum atomic E-state index is -1.42. The van der Waals surface area contributed by atoms with Crippen LogP contribution < -0.4 is 0 Å². The summed E-state index contributed by atoms with van der Waals surface area (Å²) in [5, 5.41) is 0.992. The van der Waals surface area contributed by atoms with E-state index in [1.165, 1.54) is 11.1 Å². The quantitative estimate of drug-likeness (QED) is 0.385. The second-order valence-corrected chi connectivity index (χ2v) is 9.69. The van der Waals surface area contributed by atoms with E-state index < -0.39 is 5.54 Å². The minimum absolute atomic E-state index is 0.157. The van der Waals surface area contributed by atoms with Gasteiger partial charge in [0.15, 0.2) is 17.1 Å². The molecule has 36 heavy (non-hydrogen) atoms. The number of carbonyl (C=O) groups excluding carboxylic acids is 2. The van der Waals surface area contributed by atoms with E-state index in [0.29, 0.717) is 29.9 Å². The Kier molecular flexibility index (Phi) is 5.75. The highest BCUT2D eigenvalue weighted by atomic mass is 16.2. The first-order valence-corrected chi connectivity index (χ1v) is 12.7. The van der Waals surface area contributed by atoms with Crippen LogP contribution in [0.15, 0.2) is 84.9 Å². The van der Waals surface area contributed by atoms with E-state index in [-0.39, 0.29) is 11.6 Å². The molecule has 6 rings (SSSR count). The van der Waals surface area contributed by atoms with E-state index in [1.807, 2.05) is 48.5 Å². The van der Waals surface area contributed by atoms with Gasteiger partial charge in [0.1, 0.15) is 0 Å². The molecular weight excluding hydrogens is 446 g/mol. The summed E-state index contributed by atoms with van der Waals surface area (Å²) in [5.74, 6) is -0.314. The summed E-state index contributed by atoms with van der Waals surface area (Å²) in [6, 6.07) is 27.5. The lowest BCUT2D eigenvalue weighted by Crippen LogP contribution is -2.60. The van der Waals surface area contributed by atoms with Crippen LogP contribution in [0.2, 0.25) is 0 Å². The van der Waals surface area contributed by atoms with Crippen LogP contribution in [0.5, 0.6) is 0 Å². The van der Waals surface area contributed by atoms with Crippen molar-refractivity contribution in [3.05, 3.63) is 113 Å². The molecule has 1 fully saturated rings. The summed E-state index contributed by atoms with van der Waals surface area (Å²) >= 11 is 0. The molecule has 0 spiro atoms. The van der Waals surface area contributed by atoms with E-state index in [1.54, 1.807) is 12.1 Å². The van der Waals surface area contributed by atoms with Crippen LogP contribution in [0.1, 0.15) is 44.5 Å². The summed E-state index contributed by atoms with van der Waals surface area (Å²) in [6.07, 6.45) is 1.01. The van der Waals surface area contributed by atoms with Crippen molar-refractivity contribution in [2.75, 3.05) is 26.2 Å². The van der Waals surface area contributed by atoms with Gasteiger partial charge in [0.05, 0.1) is 11.2 Å². The van der Waals surface area contributed by atoms with Crippen LogP contribution in [-0.4, -0.2) is 52.5 Å². The van der Waals surface area contributed by atoms with Gasteiger partial charge in [0.25, 0.3) is 0 Å². The van der Waals surface area contributed by atoms with Crippen molar-refractivity contribution in [3.8, 4) is 0 Å². The molecule has 5 nitrogen and oxygen atoms in total. The molecular formula is C31H29N3O2.